The molecule has 1 aliphatic heterocycles. The summed E-state index contributed by atoms with van der Waals surface area (Å²) in [5.74, 6) is -1.23. The van der Waals surface area contributed by atoms with Crippen molar-refractivity contribution in [1.82, 2.24) is 9.80 Å². The molecule has 0 radical (unpaired) electrons. The molecule has 140 valence electrons. The summed E-state index contributed by atoms with van der Waals surface area (Å²) in [6, 6.07) is 15.4. The summed E-state index contributed by atoms with van der Waals surface area (Å²) in [6.07, 6.45) is 1.84. The molecule has 6 heteroatoms. The van der Waals surface area contributed by atoms with E-state index >= 15 is 0 Å². The van der Waals surface area contributed by atoms with Gasteiger partial charge in [-0.2, -0.15) is 0 Å². The molecule has 0 saturated carbocycles. The Bertz CT molecular complexity index is 812. The van der Waals surface area contributed by atoms with E-state index in [1.165, 1.54) is 4.90 Å². The SMILES string of the molecule is O=C(O)Cc1ccc(CN(C(=O)c2ccccc2)C(=O)N2CCCC2)cc1. The number of amides is 3. The van der Waals surface area contributed by atoms with E-state index in [0.717, 1.165) is 18.4 Å². The number of carbonyl (C=O) groups is 3. The molecule has 1 saturated heterocycles. The highest BCUT2D eigenvalue weighted by atomic mass is 16.4. The molecule has 1 heterocycles. The Balaban J connectivity index is 1.82. The minimum Gasteiger partial charge on any atom is -0.481 e. The van der Waals surface area contributed by atoms with Crippen LogP contribution in [0.2, 0.25) is 0 Å². The summed E-state index contributed by atoms with van der Waals surface area (Å²) in [4.78, 5) is 39.7. The van der Waals surface area contributed by atoms with Crippen molar-refractivity contribution in [3.63, 3.8) is 0 Å². The third-order valence-corrected chi connectivity index (χ3v) is 4.59. The predicted octanol–water partition coefficient (Wildman–Crippen LogP) is 3.17. The van der Waals surface area contributed by atoms with E-state index in [2.05, 4.69) is 0 Å². The van der Waals surface area contributed by atoms with E-state index in [-0.39, 0.29) is 24.9 Å². The van der Waals surface area contributed by atoms with E-state index in [1.54, 1.807) is 53.4 Å². The first-order valence-electron chi connectivity index (χ1n) is 9.00. The number of nitrogens with zero attached hydrogens (tertiary/aromatic N) is 2. The Hall–Kier alpha value is -3.15. The monoisotopic (exact) mass is 366 g/mol. The van der Waals surface area contributed by atoms with Gasteiger partial charge in [-0.15, -0.1) is 0 Å². The normalized spacial score (nSPS) is 13.4. The average Bonchev–Trinajstić information content (AvgIpc) is 3.21. The van der Waals surface area contributed by atoms with Crippen molar-refractivity contribution < 1.29 is 19.5 Å². The maximum absolute atomic E-state index is 13.0. The number of likely N-dealkylation sites (tertiary alicyclic amines) is 1. The van der Waals surface area contributed by atoms with Gasteiger partial charge in [0.2, 0.25) is 0 Å². The first-order chi connectivity index (χ1) is 13.0. The van der Waals surface area contributed by atoms with Gasteiger partial charge in [-0.05, 0) is 36.1 Å². The van der Waals surface area contributed by atoms with Gasteiger partial charge < -0.3 is 10.0 Å². The van der Waals surface area contributed by atoms with Crippen molar-refractivity contribution >= 4 is 17.9 Å². The van der Waals surface area contributed by atoms with Crippen LogP contribution in [0.3, 0.4) is 0 Å². The second-order valence-electron chi connectivity index (χ2n) is 6.62. The van der Waals surface area contributed by atoms with Crippen LogP contribution in [0.5, 0.6) is 0 Å². The molecule has 0 unspecified atom stereocenters. The maximum atomic E-state index is 13.0. The lowest BCUT2D eigenvalue weighted by molar-refractivity contribution is -0.136. The summed E-state index contributed by atoms with van der Waals surface area (Å²) in [5.41, 5.74) is 1.92. The topological polar surface area (TPSA) is 77.9 Å². The Kier molecular flexibility index (Phi) is 5.86. The number of benzene rings is 2. The number of rotatable bonds is 5. The van der Waals surface area contributed by atoms with E-state index in [0.29, 0.717) is 24.2 Å². The van der Waals surface area contributed by atoms with Crippen molar-refractivity contribution in [3.8, 4) is 0 Å². The zero-order chi connectivity index (χ0) is 19.2. The molecule has 6 nitrogen and oxygen atoms in total. The van der Waals surface area contributed by atoms with Gasteiger partial charge >= 0.3 is 12.0 Å². The summed E-state index contributed by atoms with van der Waals surface area (Å²) in [7, 11) is 0. The molecule has 3 amide bonds. The molecule has 0 aliphatic carbocycles. The number of carboxylic acid groups (broad SMARTS) is 1. The summed E-state index contributed by atoms with van der Waals surface area (Å²) < 4.78 is 0. The minimum atomic E-state index is -0.896. The standard InChI is InChI=1S/C21H22N2O4/c24-19(25)14-16-8-10-17(11-9-16)15-23(21(27)22-12-4-5-13-22)20(26)18-6-2-1-3-7-18/h1-3,6-11H,4-5,12-15H2,(H,24,25). The zero-order valence-electron chi connectivity index (χ0n) is 15.0. The zero-order valence-corrected chi connectivity index (χ0v) is 15.0. The van der Waals surface area contributed by atoms with Gasteiger partial charge in [-0.1, -0.05) is 42.5 Å². The van der Waals surface area contributed by atoms with Crippen LogP contribution in [0.4, 0.5) is 4.79 Å². The molecule has 0 spiro atoms. The molecule has 1 fully saturated rings. The van der Waals surface area contributed by atoms with Gasteiger partial charge in [0.05, 0.1) is 13.0 Å². The molecule has 3 rings (SSSR count). The van der Waals surface area contributed by atoms with Crippen molar-refractivity contribution in [3.05, 3.63) is 71.3 Å². The van der Waals surface area contributed by atoms with Crippen LogP contribution in [0.1, 0.15) is 34.3 Å². The molecule has 27 heavy (non-hydrogen) atoms. The number of imide groups is 1. The van der Waals surface area contributed by atoms with Crippen molar-refractivity contribution in [1.29, 1.82) is 0 Å². The first-order valence-corrected chi connectivity index (χ1v) is 9.00. The molecule has 0 atom stereocenters. The van der Waals surface area contributed by atoms with E-state index in [4.69, 9.17) is 5.11 Å². The van der Waals surface area contributed by atoms with Crippen LogP contribution < -0.4 is 0 Å². The largest absolute Gasteiger partial charge is 0.481 e. The molecule has 0 aromatic heterocycles. The van der Waals surface area contributed by atoms with Crippen molar-refractivity contribution in [2.75, 3.05) is 13.1 Å². The van der Waals surface area contributed by atoms with E-state index in [1.807, 2.05) is 6.07 Å². The Labute approximate surface area is 158 Å². The van der Waals surface area contributed by atoms with Crippen LogP contribution in [-0.4, -0.2) is 45.9 Å². The summed E-state index contributed by atoms with van der Waals surface area (Å²) >= 11 is 0. The number of urea groups is 1. The lowest BCUT2D eigenvalue weighted by Crippen LogP contribution is -2.44. The summed E-state index contributed by atoms with van der Waals surface area (Å²) in [6.45, 7) is 1.47. The number of carboxylic acids is 1. The summed E-state index contributed by atoms with van der Waals surface area (Å²) in [5, 5.41) is 8.87. The molecule has 0 bridgehead atoms. The van der Waals surface area contributed by atoms with Gasteiger partial charge in [-0.3, -0.25) is 14.5 Å². The molecule has 2 aromatic rings. The highest BCUT2D eigenvalue weighted by Crippen LogP contribution is 2.17. The predicted molar refractivity (Wildman–Crippen MR) is 100 cm³/mol. The van der Waals surface area contributed by atoms with E-state index in [9.17, 15) is 14.4 Å². The van der Waals surface area contributed by atoms with Gasteiger partial charge in [0.1, 0.15) is 0 Å². The van der Waals surface area contributed by atoms with Crippen molar-refractivity contribution in [2.45, 2.75) is 25.8 Å². The molecule has 1 N–H and O–H groups in total. The fourth-order valence-corrected chi connectivity index (χ4v) is 3.16. The quantitative estimate of drug-likeness (QED) is 0.882. The molecular weight excluding hydrogens is 344 g/mol. The van der Waals surface area contributed by atoms with Crippen LogP contribution >= 0.6 is 0 Å². The second kappa shape index (κ2) is 8.49. The van der Waals surface area contributed by atoms with Crippen LogP contribution in [-0.2, 0) is 17.8 Å². The smallest absolute Gasteiger partial charge is 0.327 e. The highest BCUT2D eigenvalue weighted by Gasteiger charge is 2.29. The van der Waals surface area contributed by atoms with Crippen LogP contribution in [0, 0.1) is 0 Å². The van der Waals surface area contributed by atoms with E-state index < -0.39 is 5.97 Å². The van der Waals surface area contributed by atoms with Gasteiger partial charge in [-0.25, -0.2) is 4.79 Å². The lowest BCUT2D eigenvalue weighted by atomic mass is 10.1. The van der Waals surface area contributed by atoms with Gasteiger partial charge in [0.15, 0.2) is 0 Å². The Morgan fingerprint density at radius 2 is 1.48 bits per heavy atom. The first kappa shape index (κ1) is 18.6. The number of carbonyl (C=O) groups excluding carboxylic acids is 2. The highest BCUT2D eigenvalue weighted by molar-refractivity contribution is 6.04. The fourth-order valence-electron chi connectivity index (χ4n) is 3.16. The Morgan fingerprint density at radius 3 is 2.07 bits per heavy atom. The maximum Gasteiger partial charge on any atom is 0.327 e. The van der Waals surface area contributed by atoms with Crippen LogP contribution in [0.15, 0.2) is 54.6 Å². The number of aliphatic carboxylic acids is 1. The second-order valence-corrected chi connectivity index (χ2v) is 6.62. The third-order valence-electron chi connectivity index (χ3n) is 4.59. The fraction of sp³-hybridized carbons (Fsp3) is 0.286. The molecule has 1 aliphatic rings. The lowest BCUT2D eigenvalue weighted by Gasteiger charge is -2.26. The van der Waals surface area contributed by atoms with Gasteiger partial charge in [0.25, 0.3) is 5.91 Å². The minimum absolute atomic E-state index is 0.0559. The van der Waals surface area contributed by atoms with Crippen molar-refractivity contribution in [2.24, 2.45) is 0 Å². The molecule has 2 aromatic carbocycles. The third kappa shape index (κ3) is 4.73. The number of hydrogen-bond acceptors (Lipinski definition) is 3. The Morgan fingerprint density at radius 1 is 0.889 bits per heavy atom. The van der Waals surface area contributed by atoms with Crippen LogP contribution in [0.25, 0.3) is 0 Å². The average molecular weight is 366 g/mol. The van der Waals surface area contributed by atoms with Gasteiger partial charge in [0, 0.05) is 18.7 Å². The molecular formula is C21H22N2O4. The number of hydrogen-bond donors (Lipinski definition) is 1.